The van der Waals surface area contributed by atoms with E-state index in [1.807, 2.05) is 24.5 Å². The Morgan fingerprint density at radius 1 is 1.00 bits per heavy atom. The number of nitrogens with one attached hydrogen (secondary N) is 1. The zero-order valence-corrected chi connectivity index (χ0v) is 17.6. The van der Waals surface area contributed by atoms with Crippen molar-refractivity contribution >= 4 is 46.9 Å². The molecule has 3 aromatic rings. The van der Waals surface area contributed by atoms with Crippen molar-refractivity contribution in [1.82, 2.24) is 9.88 Å². The van der Waals surface area contributed by atoms with Gasteiger partial charge in [0.1, 0.15) is 11.5 Å². The van der Waals surface area contributed by atoms with Crippen LogP contribution in [0, 0.1) is 19.7 Å². The van der Waals surface area contributed by atoms with E-state index in [0.29, 0.717) is 16.4 Å². The molecule has 152 valence electrons. The average molecular weight is 444 g/mol. The molecule has 3 amide bonds. The quantitative estimate of drug-likeness (QED) is 0.420. The number of hydrogen-bond acceptors (Lipinski definition) is 2. The third kappa shape index (κ3) is 3.49. The zero-order chi connectivity index (χ0) is 21.6. The van der Waals surface area contributed by atoms with Crippen LogP contribution in [0.4, 0.5) is 14.9 Å². The van der Waals surface area contributed by atoms with Crippen LogP contribution >= 0.6 is 23.2 Å². The van der Waals surface area contributed by atoms with Crippen molar-refractivity contribution in [1.29, 1.82) is 0 Å². The molecule has 1 aliphatic heterocycles. The summed E-state index contributed by atoms with van der Waals surface area (Å²) >= 11 is 11.9. The topological polar surface area (TPSA) is 54.3 Å². The number of aromatic nitrogens is 1. The van der Waals surface area contributed by atoms with Crippen LogP contribution in [0.15, 0.2) is 54.2 Å². The van der Waals surface area contributed by atoms with Gasteiger partial charge in [0.2, 0.25) is 0 Å². The molecule has 1 aliphatic rings. The third-order valence-electron chi connectivity index (χ3n) is 4.88. The molecule has 0 saturated carbocycles. The molecule has 0 aliphatic carbocycles. The molecular formula is C22H16Cl2FN3O2. The molecule has 5 nitrogen and oxygen atoms in total. The first kappa shape index (κ1) is 20.2. The first-order valence-electron chi connectivity index (χ1n) is 9.03. The van der Waals surface area contributed by atoms with Crippen molar-refractivity contribution in [3.05, 3.63) is 87.0 Å². The minimum absolute atomic E-state index is 0.0234. The maximum Gasteiger partial charge on any atom is 0.333 e. The third-order valence-corrected chi connectivity index (χ3v) is 5.40. The van der Waals surface area contributed by atoms with E-state index >= 15 is 0 Å². The van der Waals surface area contributed by atoms with Gasteiger partial charge >= 0.3 is 6.03 Å². The maximum absolute atomic E-state index is 13.5. The van der Waals surface area contributed by atoms with Crippen molar-refractivity contribution in [2.45, 2.75) is 13.8 Å². The Kier molecular flexibility index (Phi) is 5.13. The average Bonchev–Trinajstić information content (AvgIpc) is 3.12. The van der Waals surface area contributed by atoms with E-state index in [1.165, 1.54) is 12.1 Å². The summed E-state index contributed by atoms with van der Waals surface area (Å²) in [7, 11) is 0. The Hall–Kier alpha value is -3.09. The number of anilines is 1. The number of carbonyl (C=O) groups excluding carboxylic acids is 2. The summed E-state index contributed by atoms with van der Waals surface area (Å²) in [4.78, 5) is 26.3. The van der Waals surface area contributed by atoms with Crippen LogP contribution in [0.2, 0.25) is 10.0 Å². The number of rotatable bonds is 3. The second-order valence-corrected chi connectivity index (χ2v) is 7.71. The van der Waals surface area contributed by atoms with E-state index in [0.717, 1.165) is 21.9 Å². The first-order valence-corrected chi connectivity index (χ1v) is 9.79. The van der Waals surface area contributed by atoms with Gasteiger partial charge in [-0.05, 0) is 68.0 Å². The maximum atomic E-state index is 13.5. The lowest BCUT2D eigenvalue weighted by Crippen LogP contribution is -2.30. The molecule has 0 unspecified atom stereocenters. The summed E-state index contributed by atoms with van der Waals surface area (Å²) in [6, 6.07) is 12.3. The van der Waals surface area contributed by atoms with E-state index in [-0.39, 0.29) is 10.7 Å². The van der Waals surface area contributed by atoms with Gasteiger partial charge in [0.05, 0.1) is 10.7 Å². The molecule has 0 atom stereocenters. The first-order chi connectivity index (χ1) is 14.3. The van der Waals surface area contributed by atoms with E-state index in [9.17, 15) is 14.0 Å². The van der Waals surface area contributed by atoms with Crippen LogP contribution in [-0.2, 0) is 4.79 Å². The summed E-state index contributed by atoms with van der Waals surface area (Å²) in [5, 5.41) is 3.05. The van der Waals surface area contributed by atoms with Crippen LogP contribution in [-0.4, -0.2) is 16.5 Å². The number of amides is 3. The molecule has 1 aromatic heterocycles. The van der Waals surface area contributed by atoms with Crippen molar-refractivity contribution in [3.8, 4) is 5.69 Å². The molecule has 0 radical (unpaired) electrons. The summed E-state index contributed by atoms with van der Waals surface area (Å²) in [6.45, 7) is 3.76. The molecule has 4 rings (SSSR count). The van der Waals surface area contributed by atoms with Gasteiger partial charge in [0, 0.05) is 22.1 Å². The fourth-order valence-corrected chi connectivity index (χ4v) is 3.85. The molecule has 1 N–H and O–H groups in total. The SMILES string of the molecule is Cc1cc(/C=C2/NC(=O)N(c3cccc(Cl)c3)C2=O)c(C)n1-c1ccc(F)c(Cl)c1. The molecule has 0 bridgehead atoms. The number of benzene rings is 2. The van der Waals surface area contributed by atoms with Crippen molar-refractivity contribution < 1.29 is 14.0 Å². The number of nitrogens with zero attached hydrogens (tertiary/aromatic N) is 2. The lowest BCUT2D eigenvalue weighted by molar-refractivity contribution is -0.113. The minimum atomic E-state index is -0.548. The van der Waals surface area contributed by atoms with Crippen LogP contribution in [0.5, 0.6) is 0 Å². The normalized spacial score (nSPS) is 15.2. The van der Waals surface area contributed by atoms with Crippen LogP contribution < -0.4 is 10.2 Å². The highest BCUT2D eigenvalue weighted by atomic mass is 35.5. The summed E-state index contributed by atoms with van der Waals surface area (Å²) < 4.78 is 15.4. The van der Waals surface area contributed by atoms with Crippen LogP contribution in [0.1, 0.15) is 17.0 Å². The Morgan fingerprint density at radius 3 is 2.47 bits per heavy atom. The number of urea groups is 1. The summed E-state index contributed by atoms with van der Waals surface area (Å²) in [6.07, 6.45) is 1.62. The second kappa shape index (κ2) is 7.63. The fourth-order valence-electron chi connectivity index (χ4n) is 3.50. The van der Waals surface area contributed by atoms with Gasteiger partial charge in [-0.2, -0.15) is 0 Å². The van der Waals surface area contributed by atoms with E-state index in [4.69, 9.17) is 23.2 Å². The Labute approximate surface area is 182 Å². The lowest BCUT2D eigenvalue weighted by atomic mass is 10.2. The number of halogens is 3. The highest BCUT2D eigenvalue weighted by molar-refractivity contribution is 6.32. The molecule has 30 heavy (non-hydrogen) atoms. The van der Waals surface area contributed by atoms with Crippen LogP contribution in [0.25, 0.3) is 11.8 Å². The number of aryl methyl sites for hydroxylation is 1. The molecular weight excluding hydrogens is 428 g/mol. The second-order valence-electron chi connectivity index (χ2n) is 6.87. The van der Waals surface area contributed by atoms with Crippen LogP contribution in [0.3, 0.4) is 0 Å². The van der Waals surface area contributed by atoms with Gasteiger partial charge in [0.25, 0.3) is 5.91 Å². The fraction of sp³-hybridized carbons (Fsp3) is 0.0909. The molecule has 1 saturated heterocycles. The number of carbonyl (C=O) groups is 2. The van der Waals surface area contributed by atoms with E-state index in [2.05, 4.69) is 5.32 Å². The predicted octanol–water partition coefficient (Wildman–Crippen LogP) is 5.64. The lowest BCUT2D eigenvalue weighted by Gasteiger charge is -2.11. The molecule has 1 fully saturated rings. The van der Waals surface area contributed by atoms with Gasteiger partial charge in [-0.25, -0.2) is 14.1 Å². The predicted molar refractivity (Wildman–Crippen MR) is 116 cm³/mol. The molecule has 8 heteroatoms. The van der Waals surface area contributed by atoms with Crippen molar-refractivity contribution in [2.75, 3.05) is 4.90 Å². The van der Waals surface area contributed by atoms with Gasteiger partial charge < -0.3 is 9.88 Å². The number of hydrogen-bond donors (Lipinski definition) is 1. The number of imide groups is 1. The Balaban J connectivity index is 1.71. The van der Waals surface area contributed by atoms with Gasteiger partial charge in [0.15, 0.2) is 0 Å². The highest BCUT2D eigenvalue weighted by Gasteiger charge is 2.35. The van der Waals surface area contributed by atoms with E-state index in [1.54, 1.807) is 36.4 Å². The van der Waals surface area contributed by atoms with Crippen molar-refractivity contribution in [3.63, 3.8) is 0 Å². The van der Waals surface area contributed by atoms with Gasteiger partial charge in [-0.1, -0.05) is 29.3 Å². The molecule has 0 spiro atoms. The summed E-state index contributed by atoms with van der Waals surface area (Å²) in [5.74, 6) is -0.970. The van der Waals surface area contributed by atoms with E-state index < -0.39 is 17.8 Å². The Morgan fingerprint density at radius 2 is 1.77 bits per heavy atom. The Bertz CT molecular complexity index is 1230. The molecule has 2 aromatic carbocycles. The standard InChI is InChI=1S/C22H16Cl2FN3O2/c1-12-8-14(13(2)27(12)17-6-7-19(25)18(24)11-17)9-20-21(29)28(22(30)26-20)16-5-3-4-15(23)10-16/h3-11H,1-2H3,(H,26,30)/b20-9+. The molecule has 2 heterocycles. The highest BCUT2D eigenvalue weighted by Crippen LogP contribution is 2.28. The van der Waals surface area contributed by atoms with Gasteiger partial charge in [-0.15, -0.1) is 0 Å². The smallest absolute Gasteiger partial charge is 0.318 e. The van der Waals surface area contributed by atoms with Gasteiger partial charge in [-0.3, -0.25) is 4.79 Å². The zero-order valence-electron chi connectivity index (χ0n) is 16.0. The summed E-state index contributed by atoms with van der Waals surface area (Å²) in [5.41, 5.74) is 3.65. The van der Waals surface area contributed by atoms with Crippen molar-refractivity contribution in [2.24, 2.45) is 0 Å². The minimum Gasteiger partial charge on any atom is -0.318 e. The monoisotopic (exact) mass is 443 g/mol. The largest absolute Gasteiger partial charge is 0.333 e.